The molecule has 0 bridgehead atoms. The van der Waals surface area contributed by atoms with Crippen molar-refractivity contribution in [3.63, 3.8) is 0 Å². The van der Waals surface area contributed by atoms with Gasteiger partial charge in [0.15, 0.2) is 11.5 Å². The molecule has 0 radical (unpaired) electrons. The molecule has 8 nitrogen and oxygen atoms in total. The molecule has 1 atom stereocenters. The molecule has 1 aliphatic rings. The van der Waals surface area contributed by atoms with E-state index in [0.29, 0.717) is 45.4 Å². The topological polar surface area (TPSA) is 103 Å². The van der Waals surface area contributed by atoms with Gasteiger partial charge < -0.3 is 29.4 Å². The predicted octanol–water partition coefficient (Wildman–Crippen LogP) is 4.62. The van der Waals surface area contributed by atoms with Gasteiger partial charge in [-0.05, 0) is 23.8 Å². The predicted molar refractivity (Wildman–Crippen MR) is 124 cm³/mol. The summed E-state index contributed by atoms with van der Waals surface area (Å²) in [5, 5.41) is 12.9. The molecule has 0 saturated carbocycles. The summed E-state index contributed by atoms with van der Waals surface area (Å²) < 4.78 is 21.7. The van der Waals surface area contributed by atoms with E-state index in [9.17, 15) is 14.7 Å². The molecule has 172 valence electrons. The maximum Gasteiger partial charge on any atom is 0.346 e. The largest absolute Gasteiger partial charge is 0.497 e. The van der Waals surface area contributed by atoms with Crippen LogP contribution in [-0.4, -0.2) is 45.4 Å². The van der Waals surface area contributed by atoms with Gasteiger partial charge in [0.05, 0.1) is 34.1 Å². The van der Waals surface area contributed by atoms with Crippen LogP contribution in [0, 0.1) is 0 Å². The van der Waals surface area contributed by atoms with Gasteiger partial charge in [0.25, 0.3) is 0 Å². The van der Waals surface area contributed by atoms with E-state index in [4.69, 9.17) is 18.9 Å². The van der Waals surface area contributed by atoms with Crippen molar-refractivity contribution in [1.29, 1.82) is 0 Å². The summed E-state index contributed by atoms with van der Waals surface area (Å²) in [5.74, 6) is 0.306. The number of aromatic carboxylic acids is 1. The van der Waals surface area contributed by atoms with Crippen molar-refractivity contribution in [3.8, 4) is 34.1 Å². The third kappa shape index (κ3) is 3.84. The van der Waals surface area contributed by atoms with Gasteiger partial charge in [-0.2, -0.15) is 0 Å². The Morgan fingerprint density at radius 2 is 1.67 bits per heavy atom. The van der Waals surface area contributed by atoms with Gasteiger partial charge in [-0.25, -0.2) is 4.79 Å². The van der Waals surface area contributed by atoms with E-state index in [1.54, 1.807) is 37.4 Å². The molecular formula is C24H23NO7S. The van der Waals surface area contributed by atoms with Gasteiger partial charge >= 0.3 is 5.97 Å². The van der Waals surface area contributed by atoms with Crippen LogP contribution < -0.4 is 24.3 Å². The quantitative estimate of drug-likeness (QED) is 0.520. The molecule has 4 rings (SSSR count). The number of rotatable bonds is 7. The van der Waals surface area contributed by atoms with Crippen LogP contribution in [0.1, 0.15) is 32.5 Å². The fourth-order valence-corrected chi connectivity index (χ4v) is 5.36. The second-order valence-corrected chi connectivity index (χ2v) is 8.36. The van der Waals surface area contributed by atoms with E-state index >= 15 is 0 Å². The van der Waals surface area contributed by atoms with Gasteiger partial charge in [-0.1, -0.05) is 18.2 Å². The van der Waals surface area contributed by atoms with Crippen molar-refractivity contribution in [3.05, 3.63) is 51.7 Å². The van der Waals surface area contributed by atoms with Crippen LogP contribution in [0.4, 0.5) is 5.69 Å². The number of carbonyl (C=O) groups excluding carboxylic acids is 1. The highest BCUT2D eigenvalue weighted by atomic mass is 32.1. The number of carbonyl (C=O) groups is 2. The Morgan fingerprint density at radius 3 is 2.24 bits per heavy atom. The van der Waals surface area contributed by atoms with Gasteiger partial charge in [-0.15, -0.1) is 11.3 Å². The number of methoxy groups -OCH3 is 4. The molecule has 1 aliphatic heterocycles. The number of thiophene rings is 1. The summed E-state index contributed by atoms with van der Waals surface area (Å²) in [7, 11) is 6.12. The molecule has 0 fully saturated rings. The molecule has 0 aliphatic carbocycles. The number of anilines is 1. The summed E-state index contributed by atoms with van der Waals surface area (Å²) in [5.41, 5.74) is 2.36. The maximum atomic E-state index is 12.8. The number of ether oxygens (including phenoxy) is 4. The number of hydrogen-bond acceptors (Lipinski definition) is 7. The second-order valence-electron chi connectivity index (χ2n) is 7.31. The molecule has 2 N–H and O–H groups in total. The Bertz CT molecular complexity index is 1220. The Hall–Kier alpha value is -3.72. The van der Waals surface area contributed by atoms with Crippen molar-refractivity contribution >= 4 is 28.9 Å². The lowest BCUT2D eigenvalue weighted by Gasteiger charge is -2.26. The zero-order valence-corrected chi connectivity index (χ0v) is 19.4. The number of amides is 1. The first kappa shape index (κ1) is 22.5. The third-order valence-electron chi connectivity index (χ3n) is 5.59. The summed E-state index contributed by atoms with van der Waals surface area (Å²) in [6, 6.07) is 10.6. The van der Waals surface area contributed by atoms with Crippen LogP contribution in [0.3, 0.4) is 0 Å². The van der Waals surface area contributed by atoms with Crippen molar-refractivity contribution < 1.29 is 33.6 Å². The van der Waals surface area contributed by atoms with Gasteiger partial charge in [-0.3, -0.25) is 4.79 Å². The van der Waals surface area contributed by atoms with Crippen LogP contribution in [0.2, 0.25) is 0 Å². The second kappa shape index (κ2) is 9.03. The van der Waals surface area contributed by atoms with Crippen molar-refractivity contribution in [1.82, 2.24) is 0 Å². The van der Waals surface area contributed by atoms with E-state index in [1.165, 1.54) is 21.3 Å². The minimum absolute atomic E-state index is 0.139. The Balaban J connectivity index is 1.94. The molecule has 9 heteroatoms. The first-order valence-electron chi connectivity index (χ1n) is 10.1. The summed E-state index contributed by atoms with van der Waals surface area (Å²) in [6.07, 6.45) is 0.139. The lowest BCUT2D eigenvalue weighted by atomic mass is 9.87. The highest BCUT2D eigenvalue weighted by Crippen LogP contribution is 2.53. The highest BCUT2D eigenvalue weighted by molar-refractivity contribution is 7.15. The number of nitrogens with one attached hydrogen (secondary N) is 1. The van der Waals surface area contributed by atoms with Crippen LogP contribution in [0.15, 0.2) is 36.4 Å². The summed E-state index contributed by atoms with van der Waals surface area (Å²) in [6.45, 7) is 0. The molecule has 0 unspecified atom stereocenters. The van der Waals surface area contributed by atoms with E-state index in [1.807, 2.05) is 6.07 Å². The molecule has 2 aromatic carbocycles. The Morgan fingerprint density at radius 1 is 0.970 bits per heavy atom. The van der Waals surface area contributed by atoms with Crippen molar-refractivity contribution in [2.75, 3.05) is 33.8 Å². The van der Waals surface area contributed by atoms with Crippen LogP contribution in [0.5, 0.6) is 23.0 Å². The van der Waals surface area contributed by atoms with Gasteiger partial charge in [0.1, 0.15) is 10.6 Å². The van der Waals surface area contributed by atoms with Crippen LogP contribution in [0.25, 0.3) is 11.1 Å². The minimum Gasteiger partial charge on any atom is -0.497 e. The monoisotopic (exact) mass is 469 g/mol. The average molecular weight is 470 g/mol. The zero-order valence-electron chi connectivity index (χ0n) is 18.6. The molecular weight excluding hydrogens is 446 g/mol. The smallest absolute Gasteiger partial charge is 0.346 e. The van der Waals surface area contributed by atoms with E-state index < -0.39 is 11.9 Å². The molecule has 1 amide bonds. The zero-order chi connectivity index (χ0) is 23.7. The van der Waals surface area contributed by atoms with Gasteiger partial charge in [0.2, 0.25) is 11.7 Å². The number of benzene rings is 2. The normalized spacial score (nSPS) is 14.8. The summed E-state index contributed by atoms with van der Waals surface area (Å²) in [4.78, 5) is 25.8. The molecule has 2 heterocycles. The Labute approximate surface area is 194 Å². The number of carboxylic acid groups (broad SMARTS) is 1. The molecule has 33 heavy (non-hydrogen) atoms. The first-order chi connectivity index (χ1) is 15.9. The first-order valence-corrected chi connectivity index (χ1v) is 10.9. The van der Waals surface area contributed by atoms with E-state index in [0.717, 1.165) is 16.2 Å². The maximum absolute atomic E-state index is 12.8. The van der Waals surface area contributed by atoms with Crippen molar-refractivity contribution in [2.24, 2.45) is 0 Å². The molecule has 0 saturated heterocycles. The van der Waals surface area contributed by atoms with Crippen LogP contribution >= 0.6 is 11.3 Å². The number of carboxylic acids is 1. The average Bonchev–Trinajstić information content (AvgIpc) is 3.22. The number of fused-ring (bicyclic) bond motifs is 1. The third-order valence-corrected chi connectivity index (χ3v) is 6.88. The van der Waals surface area contributed by atoms with E-state index in [-0.39, 0.29) is 17.2 Å². The minimum atomic E-state index is -1.06. The molecule has 0 spiro atoms. The molecule has 1 aromatic heterocycles. The van der Waals surface area contributed by atoms with E-state index in [2.05, 4.69) is 5.32 Å². The number of hydrogen-bond donors (Lipinski definition) is 2. The molecule has 3 aromatic rings. The fraction of sp³-hybridized carbons (Fsp3) is 0.250. The lowest BCUT2D eigenvalue weighted by molar-refractivity contribution is -0.116. The van der Waals surface area contributed by atoms with Crippen molar-refractivity contribution in [2.45, 2.75) is 12.3 Å². The standard InChI is InChI=1S/C24H23NO7S/c1-29-13-7-5-12(6-8-13)18-19-22(33-23(18)24(27)28)15(11-17(26)25-19)14-9-10-16(30-2)21(32-4)20(14)31-3/h5-10,15H,11H2,1-4H3,(H,25,26)(H,27,28)/t15-/m1/s1. The fourth-order valence-electron chi connectivity index (χ4n) is 4.12. The highest BCUT2D eigenvalue weighted by Gasteiger charge is 2.36. The summed E-state index contributed by atoms with van der Waals surface area (Å²) >= 11 is 1.15. The van der Waals surface area contributed by atoms with Gasteiger partial charge in [0, 0.05) is 28.3 Å². The Kier molecular flexibility index (Phi) is 6.15. The van der Waals surface area contributed by atoms with Crippen LogP contribution in [-0.2, 0) is 4.79 Å². The SMILES string of the molecule is COc1ccc(-c2c(C(=O)O)sc3c2NC(=O)C[C@@H]3c2ccc(OC)c(OC)c2OC)cc1. The lowest BCUT2D eigenvalue weighted by Crippen LogP contribution is -2.23.